The number of aryl methyl sites for hydroxylation is 1. The van der Waals surface area contributed by atoms with Gasteiger partial charge < -0.3 is 5.11 Å². The number of pyridine rings is 1. The fourth-order valence-electron chi connectivity index (χ4n) is 2.44. The number of hydrogen-bond acceptors (Lipinski definition) is 4. The summed E-state index contributed by atoms with van der Waals surface area (Å²) in [7, 11) is 0. The van der Waals surface area contributed by atoms with Crippen LogP contribution in [0, 0.1) is 6.92 Å². The van der Waals surface area contributed by atoms with Gasteiger partial charge in [0.2, 0.25) is 0 Å². The molecule has 0 bridgehead atoms. The first-order valence-corrected chi connectivity index (χ1v) is 7.18. The van der Waals surface area contributed by atoms with E-state index in [-0.39, 0.29) is 5.56 Å². The molecule has 5 nitrogen and oxygen atoms in total. The van der Waals surface area contributed by atoms with Crippen molar-refractivity contribution in [2.75, 3.05) is 0 Å². The average molecular weight is 305 g/mol. The number of rotatable bonds is 4. The molecule has 0 saturated carbocycles. The maximum absolute atomic E-state index is 11.2. The minimum atomic E-state index is -0.928. The van der Waals surface area contributed by atoms with E-state index in [0.29, 0.717) is 6.42 Å². The molecule has 3 rings (SSSR count). The van der Waals surface area contributed by atoms with Crippen LogP contribution >= 0.6 is 0 Å². The van der Waals surface area contributed by atoms with Crippen molar-refractivity contribution in [3.63, 3.8) is 0 Å². The first-order chi connectivity index (χ1) is 11.1. The Labute approximate surface area is 133 Å². The van der Waals surface area contributed by atoms with Crippen molar-refractivity contribution in [2.45, 2.75) is 13.3 Å². The van der Waals surface area contributed by atoms with E-state index in [1.54, 1.807) is 24.5 Å². The van der Waals surface area contributed by atoms with Crippen molar-refractivity contribution < 1.29 is 9.90 Å². The molecule has 0 aliphatic rings. The summed E-state index contributed by atoms with van der Waals surface area (Å²) in [5, 5.41) is 9.17. The molecule has 0 atom stereocenters. The zero-order valence-corrected chi connectivity index (χ0v) is 12.6. The summed E-state index contributed by atoms with van der Waals surface area (Å²) in [5.74, 6) is -0.928. The summed E-state index contributed by atoms with van der Waals surface area (Å²) in [5.41, 5.74) is 4.85. The minimum Gasteiger partial charge on any atom is -0.478 e. The number of carboxylic acids is 1. The van der Waals surface area contributed by atoms with Gasteiger partial charge in [0, 0.05) is 24.4 Å². The summed E-state index contributed by atoms with van der Waals surface area (Å²) in [6.07, 6.45) is 5.47. The van der Waals surface area contributed by atoms with Gasteiger partial charge in [0.25, 0.3) is 0 Å². The van der Waals surface area contributed by atoms with Crippen LogP contribution in [0.1, 0.15) is 27.2 Å². The van der Waals surface area contributed by atoms with Gasteiger partial charge in [-0.2, -0.15) is 0 Å². The van der Waals surface area contributed by atoms with Gasteiger partial charge in [-0.25, -0.2) is 14.8 Å². The van der Waals surface area contributed by atoms with E-state index in [0.717, 1.165) is 28.1 Å². The van der Waals surface area contributed by atoms with Crippen molar-refractivity contribution in [1.29, 1.82) is 0 Å². The number of aromatic carboxylic acids is 1. The molecule has 1 aromatic carbocycles. The Balaban J connectivity index is 2.02. The van der Waals surface area contributed by atoms with E-state index in [2.05, 4.69) is 15.0 Å². The van der Waals surface area contributed by atoms with Crippen LogP contribution in [0.5, 0.6) is 0 Å². The molecular weight excluding hydrogens is 290 g/mol. The lowest BCUT2D eigenvalue weighted by Crippen LogP contribution is -2.02. The maximum atomic E-state index is 11.2. The van der Waals surface area contributed by atoms with Crippen molar-refractivity contribution in [3.8, 4) is 11.3 Å². The highest BCUT2D eigenvalue weighted by Gasteiger charge is 2.11. The van der Waals surface area contributed by atoms with Crippen LogP contribution in [0.2, 0.25) is 0 Å². The number of carboxylic acid groups (broad SMARTS) is 1. The predicted molar refractivity (Wildman–Crippen MR) is 86.2 cm³/mol. The lowest BCUT2D eigenvalue weighted by molar-refractivity contribution is 0.0696. The standard InChI is InChI=1S/C18H15N3O2/c1-12-4-5-13(18(22)23)9-14(12)10-17-15(3-2-7-20-17)16-6-8-19-11-21-16/h2-9,11H,10H2,1H3,(H,22,23). The van der Waals surface area contributed by atoms with E-state index in [1.807, 2.05) is 31.2 Å². The Morgan fingerprint density at radius 3 is 2.74 bits per heavy atom. The van der Waals surface area contributed by atoms with Crippen molar-refractivity contribution in [1.82, 2.24) is 15.0 Å². The number of aromatic nitrogens is 3. The summed E-state index contributed by atoms with van der Waals surface area (Å²) in [6, 6.07) is 10.8. The highest BCUT2D eigenvalue weighted by Crippen LogP contribution is 2.23. The third kappa shape index (κ3) is 3.23. The Morgan fingerprint density at radius 1 is 1.13 bits per heavy atom. The van der Waals surface area contributed by atoms with Crippen LogP contribution in [0.3, 0.4) is 0 Å². The Hall–Kier alpha value is -3.08. The van der Waals surface area contributed by atoms with Crippen molar-refractivity contribution in [3.05, 3.63) is 77.5 Å². The van der Waals surface area contributed by atoms with Gasteiger partial charge >= 0.3 is 5.97 Å². The Kier molecular flexibility index (Phi) is 4.10. The highest BCUT2D eigenvalue weighted by molar-refractivity contribution is 5.88. The minimum absolute atomic E-state index is 0.283. The van der Waals surface area contributed by atoms with Gasteiger partial charge in [0.05, 0.1) is 17.0 Å². The molecule has 0 radical (unpaired) electrons. The molecule has 23 heavy (non-hydrogen) atoms. The van der Waals surface area contributed by atoms with Gasteiger partial charge in [-0.15, -0.1) is 0 Å². The van der Waals surface area contributed by atoms with Gasteiger partial charge in [-0.3, -0.25) is 4.98 Å². The molecule has 0 fully saturated rings. The summed E-state index contributed by atoms with van der Waals surface area (Å²) >= 11 is 0. The second-order valence-electron chi connectivity index (χ2n) is 5.22. The molecule has 0 saturated heterocycles. The van der Waals surface area contributed by atoms with E-state index < -0.39 is 5.97 Å². The maximum Gasteiger partial charge on any atom is 0.335 e. The Bertz CT molecular complexity index is 848. The smallest absolute Gasteiger partial charge is 0.335 e. The van der Waals surface area contributed by atoms with Crippen molar-refractivity contribution in [2.24, 2.45) is 0 Å². The molecule has 3 aromatic rings. The molecule has 1 N–H and O–H groups in total. The molecule has 114 valence electrons. The normalized spacial score (nSPS) is 10.5. The fourth-order valence-corrected chi connectivity index (χ4v) is 2.44. The largest absolute Gasteiger partial charge is 0.478 e. The van der Waals surface area contributed by atoms with Crippen LogP contribution in [0.4, 0.5) is 0 Å². The van der Waals surface area contributed by atoms with Crippen LogP contribution < -0.4 is 0 Å². The SMILES string of the molecule is Cc1ccc(C(=O)O)cc1Cc1ncccc1-c1ccncn1. The molecule has 0 aliphatic carbocycles. The molecule has 2 heterocycles. The van der Waals surface area contributed by atoms with E-state index >= 15 is 0 Å². The van der Waals surface area contributed by atoms with E-state index in [1.165, 1.54) is 6.33 Å². The number of carbonyl (C=O) groups is 1. The first-order valence-electron chi connectivity index (χ1n) is 7.18. The van der Waals surface area contributed by atoms with Crippen LogP contribution in [0.25, 0.3) is 11.3 Å². The van der Waals surface area contributed by atoms with Crippen LogP contribution in [0.15, 0.2) is 55.1 Å². The van der Waals surface area contributed by atoms with E-state index in [4.69, 9.17) is 5.11 Å². The molecule has 0 unspecified atom stereocenters. The van der Waals surface area contributed by atoms with Gasteiger partial charge in [0.15, 0.2) is 0 Å². The molecule has 0 spiro atoms. The van der Waals surface area contributed by atoms with Gasteiger partial charge in [-0.05, 0) is 48.4 Å². The fraction of sp³-hybridized carbons (Fsp3) is 0.111. The first kappa shape index (κ1) is 14.8. The zero-order valence-electron chi connectivity index (χ0n) is 12.6. The summed E-state index contributed by atoms with van der Waals surface area (Å²) in [6.45, 7) is 1.97. The monoisotopic (exact) mass is 305 g/mol. The topological polar surface area (TPSA) is 76.0 Å². The highest BCUT2D eigenvalue weighted by atomic mass is 16.4. The number of benzene rings is 1. The Morgan fingerprint density at radius 2 is 2.00 bits per heavy atom. The summed E-state index contributed by atoms with van der Waals surface area (Å²) in [4.78, 5) is 23.8. The zero-order chi connectivity index (χ0) is 16.2. The number of hydrogen-bond donors (Lipinski definition) is 1. The van der Waals surface area contributed by atoms with Crippen molar-refractivity contribution >= 4 is 5.97 Å². The number of nitrogens with zero attached hydrogens (tertiary/aromatic N) is 3. The molecule has 0 aliphatic heterocycles. The molecule has 2 aromatic heterocycles. The third-order valence-corrected chi connectivity index (χ3v) is 3.70. The van der Waals surface area contributed by atoms with E-state index in [9.17, 15) is 4.79 Å². The lowest BCUT2D eigenvalue weighted by Gasteiger charge is -2.10. The lowest BCUT2D eigenvalue weighted by atomic mass is 9.97. The second kappa shape index (κ2) is 6.36. The van der Waals surface area contributed by atoms with Crippen LogP contribution in [-0.2, 0) is 6.42 Å². The van der Waals surface area contributed by atoms with Gasteiger partial charge in [-0.1, -0.05) is 6.07 Å². The van der Waals surface area contributed by atoms with Crippen LogP contribution in [-0.4, -0.2) is 26.0 Å². The summed E-state index contributed by atoms with van der Waals surface area (Å²) < 4.78 is 0. The van der Waals surface area contributed by atoms with Gasteiger partial charge in [0.1, 0.15) is 6.33 Å². The molecule has 5 heteroatoms. The molecule has 0 amide bonds. The molecular formula is C18H15N3O2. The quantitative estimate of drug-likeness (QED) is 0.801. The predicted octanol–water partition coefficient (Wildman–Crippen LogP) is 3.14. The third-order valence-electron chi connectivity index (χ3n) is 3.70. The average Bonchev–Trinajstić information content (AvgIpc) is 2.58. The second-order valence-corrected chi connectivity index (χ2v) is 5.22.